The summed E-state index contributed by atoms with van der Waals surface area (Å²) < 4.78 is 68.7. The second kappa shape index (κ2) is 8.48. The lowest BCUT2D eigenvalue weighted by molar-refractivity contribution is 0.102. The van der Waals surface area contributed by atoms with Gasteiger partial charge in [-0.25, -0.2) is 21.6 Å². The van der Waals surface area contributed by atoms with Gasteiger partial charge in [0.2, 0.25) is 0 Å². The van der Waals surface area contributed by atoms with Crippen LogP contribution in [0.5, 0.6) is 0 Å². The highest BCUT2D eigenvalue weighted by molar-refractivity contribution is 7.92. The maximum atomic E-state index is 14.1. The molecule has 0 atom stereocenters. The van der Waals surface area contributed by atoms with E-state index in [1.807, 2.05) is 0 Å². The normalized spacial score (nSPS) is 13.6. The van der Waals surface area contributed by atoms with Crippen molar-refractivity contribution in [2.24, 2.45) is 0 Å². The molecule has 1 amide bonds. The van der Waals surface area contributed by atoms with Crippen molar-refractivity contribution in [3.05, 3.63) is 88.2 Å². The molecule has 5 nitrogen and oxygen atoms in total. The molecule has 0 aromatic heterocycles. The third kappa shape index (κ3) is 4.18. The van der Waals surface area contributed by atoms with Crippen LogP contribution >= 0.6 is 11.6 Å². The number of benzene rings is 3. The van der Waals surface area contributed by atoms with Crippen LogP contribution in [0.3, 0.4) is 0 Å². The van der Waals surface area contributed by atoms with Crippen LogP contribution in [0.25, 0.3) is 0 Å². The fraction of sp³-hybridized carbons (Fsp3) is 0.136. The maximum absolute atomic E-state index is 14.1. The van der Waals surface area contributed by atoms with Crippen LogP contribution in [0.4, 0.5) is 24.5 Å². The lowest BCUT2D eigenvalue weighted by Gasteiger charge is -2.31. The minimum atomic E-state index is -4.27. The van der Waals surface area contributed by atoms with Crippen molar-refractivity contribution in [3.63, 3.8) is 0 Å². The van der Waals surface area contributed by atoms with Crippen molar-refractivity contribution in [1.82, 2.24) is 0 Å². The van der Waals surface area contributed by atoms with E-state index in [9.17, 15) is 26.4 Å². The largest absolute Gasteiger partial charge is 0.322 e. The Hall–Kier alpha value is -3.04. The highest BCUT2D eigenvalue weighted by Gasteiger charge is 2.30. The van der Waals surface area contributed by atoms with Crippen molar-refractivity contribution < 1.29 is 26.4 Å². The summed E-state index contributed by atoms with van der Waals surface area (Å²) in [6.07, 6.45) is 1.08. The van der Waals surface area contributed by atoms with Gasteiger partial charge in [-0.15, -0.1) is 0 Å². The molecular formula is C22H16ClF3N2O3S. The van der Waals surface area contributed by atoms with Crippen LogP contribution in [0.2, 0.25) is 5.02 Å². The Morgan fingerprint density at radius 1 is 1.00 bits per heavy atom. The summed E-state index contributed by atoms with van der Waals surface area (Å²) in [6.45, 7) is 0.0873. The van der Waals surface area contributed by atoms with Gasteiger partial charge in [-0.05, 0) is 54.8 Å². The molecule has 3 aromatic carbocycles. The lowest BCUT2D eigenvalue weighted by Crippen LogP contribution is -2.35. The van der Waals surface area contributed by atoms with Crippen molar-refractivity contribution in [2.45, 2.75) is 17.7 Å². The van der Waals surface area contributed by atoms with E-state index < -0.39 is 38.3 Å². The molecule has 1 aliphatic heterocycles. The molecule has 0 bridgehead atoms. The summed E-state index contributed by atoms with van der Waals surface area (Å²) in [7, 11) is -4.27. The first kappa shape index (κ1) is 22.2. The van der Waals surface area contributed by atoms with E-state index in [2.05, 4.69) is 5.32 Å². The minimum Gasteiger partial charge on any atom is -0.322 e. The minimum absolute atomic E-state index is 0.0715. The van der Waals surface area contributed by atoms with Gasteiger partial charge >= 0.3 is 0 Å². The summed E-state index contributed by atoms with van der Waals surface area (Å²) in [6, 6.07) is 10.5. The van der Waals surface area contributed by atoms with Crippen molar-refractivity contribution in [1.29, 1.82) is 0 Å². The van der Waals surface area contributed by atoms with E-state index in [0.29, 0.717) is 24.5 Å². The third-order valence-corrected chi connectivity index (χ3v) is 7.14. The van der Waals surface area contributed by atoms with Gasteiger partial charge < -0.3 is 5.32 Å². The number of sulfonamides is 1. The molecule has 0 unspecified atom stereocenters. The van der Waals surface area contributed by atoms with Gasteiger partial charge in [-0.2, -0.15) is 0 Å². The average Bonchev–Trinajstić information content (AvgIpc) is 2.72. The molecule has 10 heteroatoms. The molecule has 166 valence electrons. The Morgan fingerprint density at radius 3 is 2.41 bits per heavy atom. The van der Waals surface area contributed by atoms with Gasteiger partial charge in [-0.1, -0.05) is 23.7 Å². The first-order valence-electron chi connectivity index (χ1n) is 9.54. The first-order chi connectivity index (χ1) is 15.2. The second-order valence-electron chi connectivity index (χ2n) is 7.18. The highest BCUT2D eigenvalue weighted by Crippen LogP contribution is 2.35. The topological polar surface area (TPSA) is 66.5 Å². The van der Waals surface area contributed by atoms with Crippen molar-refractivity contribution in [2.75, 3.05) is 16.2 Å². The lowest BCUT2D eigenvalue weighted by atomic mass is 10.0. The standard InChI is InChI=1S/C22H16ClF3N2O3S/c23-18-4-1-5-19(26)21(18)22(29)27-16-7-6-13-3-2-8-28(20(13)12-16)32(30,31)17-10-14(24)9-15(25)11-17/h1,4-7,9-12H,2-3,8H2,(H,27,29). The predicted octanol–water partition coefficient (Wildman–Crippen LogP) is 5.15. The van der Waals surface area contributed by atoms with E-state index in [1.165, 1.54) is 18.2 Å². The number of anilines is 2. The Balaban J connectivity index is 1.70. The molecule has 0 spiro atoms. The van der Waals surface area contributed by atoms with Crippen LogP contribution in [-0.4, -0.2) is 20.9 Å². The quantitative estimate of drug-likeness (QED) is 0.561. The van der Waals surface area contributed by atoms with E-state index in [-0.39, 0.29) is 28.5 Å². The second-order valence-corrected chi connectivity index (χ2v) is 9.45. The van der Waals surface area contributed by atoms with Gasteiger partial charge in [0.15, 0.2) is 0 Å². The number of carbonyl (C=O) groups is 1. The zero-order chi connectivity index (χ0) is 23.0. The highest BCUT2D eigenvalue weighted by atomic mass is 35.5. The molecule has 0 saturated heterocycles. The summed E-state index contributed by atoms with van der Waals surface area (Å²) in [5.41, 5.74) is 0.809. The van der Waals surface area contributed by atoms with Gasteiger partial charge in [0.05, 0.1) is 21.2 Å². The summed E-state index contributed by atoms with van der Waals surface area (Å²) >= 11 is 5.93. The Labute approximate surface area is 187 Å². The van der Waals surface area contributed by atoms with Crippen molar-refractivity contribution >= 4 is 38.9 Å². The van der Waals surface area contributed by atoms with E-state index in [4.69, 9.17) is 11.6 Å². The smallest absolute Gasteiger partial charge is 0.264 e. The van der Waals surface area contributed by atoms with Crippen LogP contribution < -0.4 is 9.62 Å². The number of fused-ring (bicyclic) bond motifs is 1. The van der Waals surface area contributed by atoms with Gasteiger partial charge in [0.1, 0.15) is 17.5 Å². The van der Waals surface area contributed by atoms with Crippen LogP contribution in [0, 0.1) is 17.5 Å². The number of hydrogen-bond donors (Lipinski definition) is 1. The van der Waals surface area contributed by atoms with Gasteiger partial charge in [0.25, 0.3) is 15.9 Å². The Morgan fingerprint density at radius 2 is 1.72 bits per heavy atom. The molecule has 32 heavy (non-hydrogen) atoms. The zero-order valence-corrected chi connectivity index (χ0v) is 18.0. The first-order valence-corrected chi connectivity index (χ1v) is 11.4. The van der Waals surface area contributed by atoms with E-state index in [1.54, 1.807) is 12.1 Å². The molecule has 1 N–H and O–H groups in total. The number of rotatable bonds is 4. The average molecular weight is 481 g/mol. The predicted molar refractivity (Wildman–Crippen MR) is 115 cm³/mol. The third-order valence-electron chi connectivity index (χ3n) is 5.03. The molecule has 1 aliphatic rings. The van der Waals surface area contributed by atoms with Crippen molar-refractivity contribution in [3.8, 4) is 0 Å². The van der Waals surface area contributed by atoms with Crippen LogP contribution in [-0.2, 0) is 16.4 Å². The summed E-state index contributed by atoms with van der Waals surface area (Å²) in [4.78, 5) is 12.0. The monoisotopic (exact) mass is 480 g/mol. The fourth-order valence-electron chi connectivity index (χ4n) is 3.58. The molecule has 3 aromatic rings. The summed E-state index contributed by atoms with van der Waals surface area (Å²) in [5.74, 6) is -3.62. The zero-order valence-electron chi connectivity index (χ0n) is 16.4. The maximum Gasteiger partial charge on any atom is 0.264 e. The van der Waals surface area contributed by atoms with Gasteiger partial charge in [-0.3, -0.25) is 9.10 Å². The summed E-state index contributed by atoms with van der Waals surface area (Å²) in [5, 5.41) is 2.44. The van der Waals surface area contributed by atoms with E-state index >= 15 is 0 Å². The molecule has 0 fully saturated rings. The number of nitrogens with zero attached hydrogens (tertiary/aromatic N) is 1. The Kier molecular flexibility index (Phi) is 5.87. The van der Waals surface area contributed by atoms with Crippen LogP contribution in [0.1, 0.15) is 22.3 Å². The van der Waals surface area contributed by atoms with E-state index in [0.717, 1.165) is 22.5 Å². The molecule has 0 radical (unpaired) electrons. The fourth-order valence-corrected chi connectivity index (χ4v) is 5.41. The SMILES string of the molecule is O=C(Nc1ccc2c(c1)N(S(=O)(=O)c1cc(F)cc(F)c1)CCC2)c1c(F)cccc1Cl. The number of carbonyl (C=O) groups excluding carboxylic acids is 1. The number of amides is 1. The van der Waals surface area contributed by atoms with Crippen LogP contribution in [0.15, 0.2) is 59.5 Å². The molecule has 0 aliphatic carbocycles. The molecule has 4 rings (SSSR count). The molecule has 0 saturated carbocycles. The number of aryl methyl sites for hydroxylation is 1. The number of halogens is 4. The molecule has 1 heterocycles. The Bertz CT molecular complexity index is 1290. The number of hydrogen-bond acceptors (Lipinski definition) is 3. The molecular weight excluding hydrogens is 465 g/mol. The number of nitrogens with one attached hydrogen (secondary N) is 1. The van der Waals surface area contributed by atoms with Gasteiger partial charge in [0, 0.05) is 18.3 Å².